The van der Waals surface area contributed by atoms with Gasteiger partial charge in [0.1, 0.15) is 4.60 Å². The molecule has 14 heavy (non-hydrogen) atoms. The quantitative estimate of drug-likeness (QED) is 0.767. The number of carbonyl (C=O) groups excluding carboxylic acids is 1. The highest BCUT2D eigenvalue weighted by atomic mass is 79.9. The Morgan fingerprint density at radius 2 is 2.29 bits per heavy atom. The molecule has 1 amide bonds. The molecule has 0 N–H and O–H groups in total. The summed E-state index contributed by atoms with van der Waals surface area (Å²) in [4.78, 5) is 20.8. The van der Waals surface area contributed by atoms with E-state index in [1.165, 1.54) is 11.1 Å². The molecule has 0 radical (unpaired) electrons. The Kier molecular flexibility index (Phi) is 2.62. The summed E-state index contributed by atoms with van der Waals surface area (Å²) in [5.41, 5.74) is 0. The van der Waals surface area contributed by atoms with Gasteiger partial charge in [-0.15, -0.1) is 0 Å². The summed E-state index contributed by atoms with van der Waals surface area (Å²) in [6.07, 6.45) is 3.56. The molecule has 1 aliphatic heterocycles. The minimum Gasteiger partial charge on any atom is -0.449 e. The highest BCUT2D eigenvalue weighted by Gasteiger charge is 2.22. The van der Waals surface area contributed by atoms with Gasteiger partial charge in [-0.25, -0.2) is 14.8 Å². The summed E-state index contributed by atoms with van der Waals surface area (Å²) in [7, 11) is 0. The van der Waals surface area contributed by atoms with Gasteiger partial charge in [-0.3, -0.25) is 4.90 Å². The van der Waals surface area contributed by atoms with Crippen LogP contribution in [0.1, 0.15) is 6.42 Å². The maximum absolute atomic E-state index is 11.3. The van der Waals surface area contributed by atoms with Gasteiger partial charge in [0.25, 0.3) is 0 Å². The molecule has 2 rings (SSSR count). The Labute approximate surface area is 89.2 Å². The number of ether oxygens (including phenoxy) is 1. The topological polar surface area (TPSA) is 55.3 Å². The molecule has 74 valence electrons. The van der Waals surface area contributed by atoms with Crippen LogP contribution in [0.5, 0.6) is 0 Å². The van der Waals surface area contributed by atoms with Crippen LogP contribution in [0, 0.1) is 0 Å². The summed E-state index contributed by atoms with van der Waals surface area (Å²) >= 11 is 3.18. The summed E-state index contributed by atoms with van der Waals surface area (Å²) in [5.74, 6) is 0.526. The van der Waals surface area contributed by atoms with E-state index in [0.717, 1.165) is 6.42 Å². The standard InChI is InChI=1S/C8H8BrN3O2/c9-6-4-11-7(5-10-6)12-2-1-3-14-8(12)13/h4-5H,1-3H2. The van der Waals surface area contributed by atoms with E-state index in [4.69, 9.17) is 4.74 Å². The van der Waals surface area contributed by atoms with E-state index >= 15 is 0 Å². The van der Waals surface area contributed by atoms with Crippen LogP contribution >= 0.6 is 15.9 Å². The molecule has 2 heterocycles. The van der Waals surface area contributed by atoms with E-state index < -0.39 is 0 Å². The molecular weight excluding hydrogens is 250 g/mol. The van der Waals surface area contributed by atoms with Crippen molar-refractivity contribution in [2.75, 3.05) is 18.1 Å². The predicted octanol–water partition coefficient (Wildman–Crippen LogP) is 1.59. The fraction of sp³-hybridized carbons (Fsp3) is 0.375. The van der Waals surface area contributed by atoms with Gasteiger partial charge in [0.2, 0.25) is 0 Å². The van der Waals surface area contributed by atoms with Gasteiger partial charge in [-0.05, 0) is 22.4 Å². The van der Waals surface area contributed by atoms with Crippen LogP contribution in [0.15, 0.2) is 17.0 Å². The second-order valence-electron chi connectivity index (χ2n) is 2.82. The molecule has 1 saturated heterocycles. The maximum atomic E-state index is 11.3. The van der Waals surface area contributed by atoms with Gasteiger partial charge in [0.15, 0.2) is 5.82 Å². The average molecular weight is 258 g/mol. The first-order chi connectivity index (χ1) is 6.77. The normalized spacial score (nSPS) is 16.6. The number of cyclic esters (lactones) is 1. The number of hydrogen-bond donors (Lipinski definition) is 0. The molecule has 0 spiro atoms. The average Bonchev–Trinajstić information content (AvgIpc) is 2.20. The lowest BCUT2D eigenvalue weighted by Crippen LogP contribution is -2.38. The zero-order valence-corrected chi connectivity index (χ0v) is 8.90. The van der Waals surface area contributed by atoms with Crippen LogP contribution in [0.4, 0.5) is 10.6 Å². The first-order valence-corrected chi connectivity index (χ1v) is 4.98. The third kappa shape index (κ3) is 1.84. The molecule has 0 bridgehead atoms. The number of rotatable bonds is 1. The van der Waals surface area contributed by atoms with E-state index in [0.29, 0.717) is 23.6 Å². The Hall–Kier alpha value is -1.17. The molecule has 1 aromatic rings. The predicted molar refractivity (Wildman–Crippen MR) is 53.0 cm³/mol. The van der Waals surface area contributed by atoms with Crippen molar-refractivity contribution in [2.45, 2.75) is 6.42 Å². The molecule has 1 aliphatic rings. The van der Waals surface area contributed by atoms with Crippen LogP contribution in [-0.2, 0) is 4.74 Å². The Balaban J connectivity index is 2.20. The van der Waals surface area contributed by atoms with Crippen molar-refractivity contribution in [3.05, 3.63) is 17.0 Å². The Morgan fingerprint density at radius 1 is 1.43 bits per heavy atom. The molecule has 5 nitrogen and oxygen atoms in total. The molecule has 0 aliphatic carbocycles. The molecular formula is C8H8BrN3O2. The van der Waals surface area contributed by atoms with Crippen molar-refractivity contribution in [3.8, 4) is 0 Å². The van der Waals surface area contributed by atoms with Gasteiger partial charge < -0.3 is 4.74 Å². The van der Waals surface area contributed by atoms with Crippen molar-refractivity contribution in [2.24, 2.45) is 0 Å². The zero-order valence-electron chi connectivity index (χ0n) is 7.31. The van der Waals surface area contributed by atoms with Gasteiger partial charge in [0.05, 0.1) is 19.0 Å². The first kappa shape index (κ1) is 9.39. The van der Waals surface area contributed by atoms with Gasteiger partial charge in [-0.2, -0.15) is 0 Å². The van der Waals surface area contributed by atoms with Gasteiger partial charge >= 0.3 is 6.09 Å². The first-order valence-electron chi connectivity index (χ1n) is 4.19. The fourth-order valence-corrected chi connectivity index (χ4v) is 1.41. The largest absolute Gasteiger partial charge is 0.449 e. The summed E-state index contributed by atoms with van der Waals surface area (Å²) in [5, 5.41) is 0. The van der Waals surface area contributed by atoms with E-state index in [9.17, 15) is 4.79 Å². The van der Waals surface area contributed by atoms with Crippen LogP contribution in [0.2, 0.25) is 0 Å². The number of halogens is 1. The Bertz CT molecular complexity index is 341. The molecule has 6 heteroatoms. The zero-order chi connectivity index (χ0) is 9.97. The van der Waals surface area contributed by atoms with Crippen LogP contribution in [-0.4, -0.2) is 29.2 Å². The van der Waals surface area contributed by atoms with Crippen molar-refractivity contribution in [3.63, 3.8) is 0 Å². The molecule has 1 fully saturated rings. The third-order valence-electron chi connectivity index (χ3n) is 1.86. The Morgan fingerprint density at radius 3 is 2.93 bits per heavy atom. The number of amides is 1. The van der Waals surface area contributed by atoms with Gasteiger partial charge in [-0.1, -0.05) is 0 Å². The molecule has 1 aromatic heterocycles. The molecule has 0 unspecified atom stereocenters. The number of hydrogen-bond acceptors (Lipinski definition) is 4. The highest BCUT2D eigenvalue weighted by Crippen LogP contribution is 2.15. The van der Waals surface area contributed by atoms with Crippen molar-refractivity contribution < 1.29 is 9.53 Å². The number of carbonyl (C=O) groups is 1. The number of anilines is 1. The molecule has 0 aromatic carbocycles. The third-order valence-corrected chi connectivity index (χ3v) is 2.26. The van der Waals surface area contributed by atoms with Crippen molar-refractivity contribution >= 4 is 27.8 Å². The summed E-state index contributed by atoms with van der Waals surface area (Å²) in [6.45, 7) is 1.12. The van der Waals surface area contributed by atoms with Crippen LogP contribution in [0.25, 0.3) is 0 Å². The summed E-state index contributed by atoms with van der Waals surface area (Å²) < 4.78 is 5.53. The van der Waals surface area contributed by atoms with Gasteiger partial charge in [0, 0.05) is 6.54 Å². The molecule has 0 saturated carbocycles. The lowest BCUT2D eigenvalue weighted by molar-refractivity contribution is 0.140. The van der Waals surface area contributed by atoms with E-state index in [1.54, 1.807) is 6.20 Å². The monoisotopic (exact) mass is 257 g/mol. The van der Waals surface area contributed by atoms with Crippen LogP contribution in [0.3, 0.4) is 0 Å². The van der Waals surface area contributed by atoms with E-state index in [-0.39, 0.29) is 6.09 Å². The second kappa shape index (κ2) is 3.91. The van der Waals surface area contributed by atoms with E-state index in [2.05, 4.69) is 25.9 Å². The van der Waals surface area contributed by atoms with E-state index in [1.807, 2.05) is 0 Å². The second-order valence-corrected chi connectivity index (χ2v) is 3.63. The molecule has 0 atom stereocenters. The minimum absolute atomic E-state index is 0.354. The SMILES string of the molecule is O=C1OCCCN1c1cnc(Br)cn1. The summed E-state index contributed by atoms with van der Waals surface area (Å²) in [6, 6.07) is 0. The fourth-order valence-electron chi connectivity index (χ4n) is 1.20. The van der Waals surface area contributed by atoms with Crippen molar-refractivity contribution in [1.82, 2.24) is 9.97 Å². The number of aromatic nitrogens is 2. The maximum Gasteiger partial charge on any atom is 0.415 e. The lowest BCUT2D eigenvalue weighted by atomic mass is 10.4. The highest BCUT2D eigenvalue weighted by molar-refractivity contribution is 9.10. The minimum atomic E-state index is -0.354. The number of nitrogens with zero attached hydrogens (tertiary/aromatic N) is 3. The van der Waals surface area contributed by atoms with Crippen molar-refractivity contribution in [1.29, 1.82) is 0 Å². The smallest absolute Gasteiger partial charge is 0.415 e. The lowest BCUT2D eigenvalue weighted by Gasteiger charge is -2.24. The van der Waals surface area contributed by atoms with Crippen LogP contribution < -0.4 is 4.90 Å².